The first-order valence-electron chi connectivity index (χ1n) is 11.1. The van der Waals surface area contributed by atoms with E-state index in [9.17, 15) is 29.4 Å². The lowest BCUT2D eigenvalue weighted by Crippen LogP contribution is -2.68. The van der Waals surface area contributed by atoms with Crippen molar-refractivity contribution in [3.63, 3.8) is 0 Å². The zero-order valence-electron chi connectivity index (χ0n) is 19.8. The number of ether oxygens (including phenoxy) is 3. The summed E-state index contributed by atoms with van der Waals surface area (Å²) in [7, 11) is 0. The predicted octanol–water partition coefficient (Wildman–Crippen LogP) is 1.39. The third-order valence-electron chi connectivity index (χ3n) is 7.40. The van der Waals surface area contributed by atoms with Crippen LogP contribution < -0.4 is 0 Å². The molecule has 3 aliphatic rings. The van der Waals surface area contributed by atoms with Gasteiger partial charge in [-0.3, -0.25) is 19.2 Å². The number of allylic oxidation sites excluding steroid dienone is 1. The Bertz CT molecular complexity index is 932. The van der Waals surface area contributed by atoms with Gasteiger partial charge in [0.1, 0.15) is 17.8 Å². The molecule has 2 N–H and O–H groups in total. The van der Waals surface area contributed by atoms with Crippen LogP contribution in [-0.2, 0) is 33.4 Å². The minimum Gasteiger partial charge on any atom is -0.462 e. The zero-order chi connectivity index (χ0) is 24.9. The van der Waals surface area contributed by atoms with Crippen LogP contribution in [0.2, 0.25) is 0 Å². The quantitative estimate of drug-likeness (QED) is 0.353. The summed E-state index contributed by atoms with van der Waals surface area (Å²) < 4.78 is 16.8. The highest BCUT2D eigenvalue weighted by Crippen LogP contribution is 2.54. The molecular weight excluding hydrogens is 432 g/mol. The Kier molecular flexibility index (Phi) is 6.36. The highest BCUT2D eigenvalue weighted by molar-refractivity contribution is 5.98. The largest absolute Gasteiger partial charge is 0.462 e. The molecule has 2 aliphatic carbocycles. The van der Waals surface area contributed by atoms with Gasteiger partial charge in [0.05, 0.1) is 5.92 Å². The van der Waals surface area contributed by atoms with Crippen LogP contribution in [0, 0.1) is 17.3 Å². The molecule has 0 spiro atoms. The van der Waals surface area contributed by atoms with Gasteiger partial charge < -0.3 is 24.4 Å². The highest BCUT2D eigenvalue weighted by atomic mass is 16.6. The van der Waals surface area contributed by atoms with Crippen LogP contribution in [0.3, 0.4) is 0 Å². The molecule has 1 heterocycles. The number of hydrogen-bond donors (Lipinski definition) is 2. The van der Waals surface area contributed by atoms with Crippen LogP contribution >= 0.6 is 0 Å². The molecule has 0 aromatic heterocycles. The normalized spacial score (nSPS) is 44.6. The van der Waals surface area contributed by atoms with E-state index < -0.39 is 70.5 Å². The molecule has 0 aromatic carbocycles. The average molecular weight is 465 g/mol. The highest BCUT2D eigenvalue weighted by Gasteiger charge is 2.68. The van der Waals surface area contributed by atoms with E-state index in [1.54, 1.807) is 19.9 Å². The van der Waals surface area contributed by atoms with E-state index in [0.717, 1.165) is 12.5 Å². The van der Waals surface area contributed by atoms with Gasteiger partial charge in [-0.25, -0.2) is 0 Å². The predicted molar refractivity (Wildman–Crippen MR) is 114 cm³/mol. The smallest absolute Gasteiger partial charge is 0.312 e. The van der Waals surface area contributed by atoms with Crippen molar-refractivity contribution in [1.82, 2.24) is 0 Å². The van der Waals surface area contributed by atoms with Crippen LogP contribution in [0.15, 0.2) is 23.8 Å². The third-order valence-corrected chi connectivity index (χ3v) is 7.40. The van der Waals surface area contributed by atoms with Gasteiger partial charge in [0, 0.05) is 25.2 Å². The molecule has 0 saturated carbocycles. The average Bonchev–Trinajstić information content (AvgIpc) is 2.90. The van der Waals surface area contributed by atoms with Gasteiger partial charge in [-0.2, -0.15) is 0 Å². The lowest BCUT2D eigenvalue weighted by molar-refractivity contribution is -0.224. The number of hydrogen-bond acceptors (Lipinski definition) is 9. The second-order valence-electron chi connectivity index (χ2n) is 9.84. The van der Waals surface area contributed by atoms with Crippen LogP contribution in [-0.4, -0.2) is 63.4 Å². The fourth-order valence-corrected chi connectivity index (χ4v) is 5.55. The summed E-state index contributed by atoms with van der Waals surface area (Å²) in [5, 5.41) is 23.5. The van der Waals surface area contributed by atoms with Crippen molar-refractivity contribution < 1.29 is 43.6 Å². The van der Waals surface area contributed by atoms with Crippen molar-refractivity contribution >= 4 is 23.7 Å². The molecule has 0 bridgehead atoms. The standard InChI is InChI=1S/C24H32O9/c1-12-7-8-17(31-14(3)25)22(5)10-9-16(27)23(6,29)19(22)20(32-15(4)26)24(30)13(2)21(28)33-18(24)11-12/h9-11,13,17-20,29-30H,7-8H2,1-6H3/b12-11-/t13-,17-,18-,19+,20?,22+,23+,24-/m0/s1. The van der Waals surface area contributed by atoms with Gasteiger partial charge in [0.25, 0.3) is 0 Å². The first kappa shape index (κ1) is 25.1. The summed E-state index contributed by atoms with van der Waals surface area (Å²) in [6.45, 7) is 8.59. The molecule has 0 aromatic rings. The number of aliphatic hydroxyl groups is 2. The Morgan fingerprint density at radius 3 is 2.30 bits per heavy atom. The van der Waals surface area contributed by atoms with Crippen molar-refractivity contribution in [2.75, 3.05) is 0 Å². The molecule has 9 heteroatoms. The first-order valence-corrected chi connectivity index (χ1v) is 11.1. The van der Waals surface area contributed by atoms with Gasteiger partial charge >= 0.3 is 17.9 Å². The van der Waals surface area contributed by atoms with Crippen molar-refractivity contribution in [2.45, 2.75) is 83.9 Å². The van der Waals surface area contributed by atoms with E-state index in [0.29, 0.717) is 12.8 Å². The fourth-order valence-electron chi connectivity index (χ4n) is 5.55. The minimum absolute atomic E-state index is 0.324. The second-order valence-corrected chi connectivity index (χ2v) is 9.84. The van der Waals surface area contributed by atoms with Crippen LogP contribution in [0.5, 0.6) is 0 Å². The monoisotopic (exact) mass is 464 g/mol. The Hall–Kier alpha value is -2.52. The molecular formula is C24H32O9. The first-order chi connectivity index (χ1) is 15.2. The van der Waals surface area contributed by atoms with Crippen LogP contribution in [0.25, 0.3) is 0 Å². The van der Waals surface area contributed by atoms with E-state index >= 15 is 0 Å². The molecule has 1 fully saturated rings. The molecule has 3 rings (SSSR count). The van der Waals surface area contributed by atoms with E-state index in [-0.39, 0.29) is 0 Å². The molecule has 1 saturated heterocycles. The molecule has 9 nitrogen and oxygen atoms in total. The Morgan fingerprint density at radius 1 is 1.12 bits per heavy atom. The number of rotatable bonds is 2. The summed E-state index contributed by atoms with van der Waals surface area (Å²) in [6, 6.07) is 0. The van der Waals surface area contributed by atoms with Crippen molar-refractivity contribution in [3.8, 4) is 0 Å². The minimum atomic E-state index is -2.12. The summed E-state index contributed by atoms with van der Waals surface area (Å²) >= 11 is 0. The van der Waals surface area contributed by atoms with Gasteiger partial charge in [-0.1, -0.05) is 18.6 Å². The Labute approximate surface area is 192 Å². The summed E-state index contributed by atoms with van der Waals surface area (Å²) in [6.07, 6.45) is 1.54. The van der Waals surface area contributed by atoms with Crippen molar-refractivity contribution in [3.05, 3.63) is 23.8 Å². The number of fused-ring (bicyclic) bond motifs is 2. The SMILES string of the molecule is CC(=O)OC1[C@@H]2[C@](C)(C=CC(=O)[C@@]2(C)O)[C@@H](OC(C)=O)CC/C(C)=C\[C@@H]2OC(=O)[C@H](C)[C@@]12O. The van der Waals surface area contributed by atoms with Crippen LogP contribution in [0.4, 0.5) is 0 Å². The van der Waals surface area contributed by atoms with Gasteiger partial charge in [-0.05, 0) is 45.8 Å². The molecule has 33 heavy (non-hydrogen) atoms. The number of carbonyl (C=O) groups is 4. The summed E-state index contributed by atoms with van der Waals surface area (Å²) in [4.78, 5) is 49.7. The molecule has 182 valence electrons. The molecule has 8 atom stereocenters. The second kappa shape index (κ2) is 8.36. The fraction of sp³-hybridized carbons (Fsp3) is 0.667. The molecule has 0 amide bonds. The summed E-state index contributed by atoms with van der Waals surface area (Å²) in [5.74, 6) is -5.10. The number of ketones is 1. The Morgan fingerprint density at radius 2 is 1.73 bits per heavy atom. The van der Waals surface area contributed by atoms with Gasteiger partial charge in [0.15, 0.2) is 17.5 Å². The zero-order valence-corrected chi connectivity index (χ0v) is 19.8. The number of esters is 3. The number of carbonyl (C=O) groups excluding carboxylic acids is 4. The summed E-state index contributed by atoms with van der Waals surface area (Å²) in [5.41, 5.74) is -4.69. The lowest BCUT2D eigenvalue weighted by atomic mass is 9.55. The molecule has 1 unspecified atom stereocenters. The maximum absolute atomic E-state index is 12.8. The Balaban J connectivity index is 2.36. The van der Waals surface area contributed by atoms with E-state index in [1.165, 1.54) is 32.9 Å². The lowest BCUT2D eigenvalue weighted by Gasteiger charge is -2.54. The molecule has 0 radical (unpaired) electrons. The van der Waals surface area contributed by atoms with Gasteiger partial charge in [-0.15, -0.1) is 0 Å². The van der Waals surface area contributed by atoms with E-state index in [4.69, 9.17) is 14.2 Å². The maximum atomic E-state index is 12.8. The van der Waals surface area contributed by atoms with Crippen LogP contribution in [0.1, 0.15) is 54.4 Å². The van der Waals surface area contributed by atoms with Crippen molar-refractivity contribution in [2.24, 2.45) is 17.3 Å². The topological polar surface area (TPSA) is 136 Å². The van der Waals surface area contributed by atoms with E-state index in [1.807, 2.05) is 0 Å². The maximum Gasteiger partial charge on any atom is 0.312 e. The van der Waals surface area contributed by atoms with Gasteiger partial charge in [0.2, 0.25) is 0 Å². The van der Waals surface area contributed by atoms with E-state index in [2.05, 4.69) is 0 Å². The third kappa shape index (κ3) is 4.01. The van der Waals surface area contributed by atoms with Crippen molar-refractivity contribution in [1.29, 1.82) is 0 Å². The molecule has 1 aliphatic heterocycles.